The quantitative estimate of drug-likeness (QED) is 0.801. The maximum Gasteiger partial charge on any atom is 0.308 e. The molecule has 0 aromatic carbocycles. The third kappa shape index (κ3) is 2.73. The van der Waals surface area contributed by atoms with Gasteiger partial charge in [-0.2, -0.15) is 0 Å². The molecule has 2 heterocycles. The first-order chi connectivity index (χ1) is 8.06. The maximum atomic E-state index is 11.5. The normalized spacial score (nSPS) is 19.9. The summed E-state index contributed by atoms with van der Waals surface area (Å²) in [7, 11) is 0. The lowest BCUT2D eigenvalue weighted by Crippen LogP contribution is -2.28. The number of thiazole rings is 1. The van der Waals surface area contributed by atoms with Crippen molar-refractivity contribution in [2.45, 2.75) is 12.8 Å². The predicted molar refractivity (Wildman–Crippen MR) is 62.6 cm³/mol. The van der Waals surface area contributed by atoms with Crippen molar-refractivity contribution in [1.82, 2.24) is 9.88 Å². The fourth-order valence-corrected chi connectivity index (χ4v) is 2.44. The molecule has 2 rings (SSSR count). The van der Waals surface area contributed by atoms with Gasteiger partial charge in [0.05, 0.1) is 11.6 Å². The SMILES string of the molecule is Nc1nc(CCN2CC(C(=O)O)CC2=O)cs1. The monoisotopic (exact) mass is 255 g/mol. The summed E-state index contributed by atoms with van der Waals surface area (Å²) in [5.41, 5.74) is 6.35. The molecule has 0 saturated carbocycles. The molecule has 1 saturated heterocycles. The topological polar surface area (TPSA) is 96.5 Å². The van der Waals surface area contributed by atoms with E-state index in [9.17, 15) is 9.59 Å². The largest absolute Gasteiger partial charge is 0.481 e. The summed E-state index contributed by atoms with van der Waals surface area (Å²) < 4.78 is 0. The number of carboxylic acids is 1. The standard InChI is InChI=1S/C10H13N3O3S/c11-10-12-7(5-17-10)1-2-13-4-6(9(15)16)3-8(13)14/h5-6H,1-4H2,(H2,11,12)(H,15,16). The van der Waals surface area contributed by atoms with Gasteiger partial charge < -0.3 is 15.7 Å². The second-order valence-electron chi connectivity index (χ2n) is 4.01. The molecule has 0 bridgehead atoms. The van der Waals surface area contributed by atoms with Gasteiger partial charge in [0.25, 0.3) is 0 Å². The number of amides is 1. The summed E-state index contributed by atoms with van der Waals surface area (Å²) in [4.78, 5) is 28.0. The predicted octanol–water partition coefficient (Wildman–Crippen LogP) is 0.201. The minimum absolute atomic E-state index is 0.0967. The van der Waals surface area contributed by atoms with Crippen LogP contribution in [0.5, 0.6) is 0 Å². The van der Waals surface area contributed by atoms with Crippen LogP contribution >= 0.6 is 11.3 Å². The minimum Gasteiger partial charge on any atom is -0.481 e. The number of carboxylic acid groups (broad SMARTS) is 1. The molecule has 7 heteroatoms. The third-order valence-electron chi connectivity index (χ3n) is 2.77. The lowest BCUT2D eigenvalue weighted by Gasteiger charge is -2.14. The van der Waals surface area contributed by atoms with Gasteiger partial charge in [0.1, 0.15) is 0 Å². The van der Waals surface area contributed by atoms with Crippen LogP contribution in [-0.4, -0.2) is 40.0 Å². The lowest BCUT2D eigenvalue weighted by molar-refractivity contribution is -0.141. The van der Waals surface area contributed by atoms with E-state index < -0.39 is 11.9 Å². The van der Waals surface area contributed by atoms with Crippen LogP contribution in [0.3, 0.4) is 0 Å². The summed E-state index contributed by atoms with van der Waals surface area (Å²) in [6, 6.07) is 0. The zero-order valence-electron chi connectivity index (χ0n) is 9.13. The Balaban J connectivity index is 1.88. The number of nitrogens with zero attached hydrogens (tertiary/aromatic N) is 2. The Labute approximate surface area is 102 Å². The van der Waals surface area contributed by atoms with E-state index in [1.165, 1.54) is 11.3 Å². The molecule has 1 aromatic rings. The number of nitrogens with two attached hydrogens (primary N) is 1. The van der Waals surface area contributed by atoms with Gasteiger partial charge in [-0.15, -0.1) is 11.3 Å². The van der Waals surface area contributed by atoms with Crippen molar-refractivity contribution in [3.8, 4) is 0 Å². The first kappa shape index (κ1) is 11.8. The van der Waals surface area contributed by atoms with Crippen LogP contribution in [0.4, 0.5) is 5.13 Å². The van der Waals surface area contributed by atoms with Gasteiger partial charge in [0, 0.05) is 31.3 Å². The summed E-state index contributed by atoms with van der Waals surface area (Å²) >= 11 is 1.36. The number of nitrogen functional groups attached to an aromatic ring is 1. The Hall–Kier alpha value is -1.63. The van der Waals surface area contributed by atoms with Crippen molar-refractivity contribution in [3.05, 3.63) is 11.1 Å². The first-order valence-corrected chi connectivity index (χ1v) is 6.14. The number of carbonyl (C=O) groups is 2. The molecule has 0 radical (unpaired) electrons. The highest BCUT2D eigenvalue weighted by Crippen LogP contribution is 2.19. The Kier molecular flexibility index (Phi) is 3.28. The van der Waals surface area contributed by atoms with Gasteiger partial charge in [-0.1, -0.05) is 0 Å². The zero-order valence-corrected chi connectivity index (χ0v) is 9.94. The van der Waals surface area contributed by atoms with Crippen molar-refractivity contribution >= 4 is 28.3 Å². The highest BCUT2D eigenvalue weighted by molar-refractivity contribution is 7.13. The zero-order chi connectivity index (χ0) is 12.4. The Bertz CT molecular complexity index is 446. The van der Waals surface area contributed by atoms with E-state index in [1.54, 1.807) is 4.90 Å². The maximum absolute atomic E-state index is 11.5. The van der Waals surface area contributed by atoms with Crippen molar-refractivity contribution in [3.63, 3.8) is 0 Å². The number of aliphatic carboxylic acids is 1. The number of hydrogen-bond acceptors (Lipinski definition) is 5. The molecule has 1 aromatic heterocycles. The van der Waals surface area contributed by atoms with Crippen molar-refractivity contribution in [2.75, 3.05) is 18.8 Å². The Morgan fingerprint density at radius 2 is 2.47 bits per heavy atom. The molecule has 1 aliphatic heterocycles. The molecule has 1 fully saturated rings. The van der Waals surface area contributed by atoms with E-state index in [0.717, 1.165) is 5.69 Å². The van der Waals surface area contributed by atoms with Crippen LogP contribution in [0.2, 0.25) is 0 Å². The molecular weight excluding hydrogens is 242 g/mol. The first-order valence-electron chi connectivity index (χ1n) is 5.26. The van der Waals surface area contributed by atoms with E-state index in [1.807, 2.05) is 5.38 Å². The molecule has 92 valence electrons. The average Bonchev–Trinajstić information content (AvgIpc) is 2.82. The van der Waals surface area contributed by atoms with Crippen LogP contribution < -0.4 is 5.73 Å². The minimum atomic E-state index is -0.904. The molecule has 1 unspecified atom stereocenters. The molecule has 17 heavy (non-hydrogen) atoms. The van der Waals surface area contributed by atoms with E-state index in [0.29, 0.717) is 24.6 Å². The van der Waals surface area contributed by atoms with Crippen LogP contribution in [0.25, 0.3) is 0 Å². The lowest BCUT2D eigenvalue weighted by atomic mass is 10.1. The molecule has 1 atom stereocenters. The van der Waals surface area contributed by atoms with E-state index in [-0.39, 0.29) is 12.3 Å². The Morgan fingerprint density at radius 1 is 1.71 bits per heavy atom. The summed E-state index contributed by atoms with van der Waals surface area (Å²) in [5, 5.41) is 11.2. The second kappa shape index (κ2) is 4.70. The summed E-state index contributed by atoms with van der Waals surface area (Å²) in [5.74, 6) is -1.57. The van der Waals surface area contributed by atoms with Gasteiger partial charge in [-0.05, 0) is 0 Å². The second-order valence-corrected chi connectivity index (χ2v) is 4.90. The number of likely N-dealkylation sites (tertiary alicyclic amines) is 1. The van der Waals surface area contributed by atoms with Crippen LogP contribution in [0.15, 0.2) is 5.38 Å². The fraction of sp³-hybridized carbons (Fsp3) is 0.500. The van der Waals surface area contributed by atoms with E-state index >= 15 is 0 Å². The van der Waals surface area contributed by atoms with Gasteiger partial charge in [0.15, 0.2) is 5.13 Å². The van der Waals surface area contributed by atoms with Crippen LogP contribution in [-0.2, 0) is 16.0 Å². The van der Waals surface area contributed by atoms with Crippen molar-refractivity contribution < 1.29 is 14.7 Å². The van der Waals surface area contributed by atoms with Gasteiger partial charge in [-0.25, -0.2) is 4.98 Å². The number of hydrogen-bond donors (Lipinski definition) is 2. The highest BCUT2D eigenvalue weighted by Gasteiger charge is 2.33. The van der Waals surface area contributed by atoms with Crippen LogP contribution in [0.1, 0.15) is 12.1 Å². The highest BCUT2D eigenvalue weighted by atomic mass is 32.1. The molecule has 6 nitrogen and oxygen atoms in total. The van der Waals surface area contributed by atoms with Gasteiger partial charge in [0.2, 0.25) is 5.91 Å². The van der Waals surface area contributed by atoms with Crippen LogP contribution in [0, 0.1) is 5.92 Å². The fourth-order valence-electron chi connectivity index (χ4n) is 1.84. The average molecular weight is 255 g/mol. The van der Waals surface area contributed by atoms with Gasteiger partial charge in [-0.3, -0.25) is 9.59 Å². The van der Waals surface area contributed by atoms with Crippen molar-refractivity contribution in [2.24, 2.45) is 5.92 Å². The van der Waals surface area contributed by atoms with E-state index in [4.69, 9.17) is 10.8 Å². The molecular formula is C10H13N3O3S. The summed E-state index contributed by atoms with van der Waals surface area (Å²) in [6.45, 7) is 0.805. The number of rotatable bonds is 4. The number of anilines is 1. The molecule has 0 spiro atoms. The smallest absolute Gasteiger partial charge is 0.308 e. The Morgan fingerprint density at radius 3 is 3.00 bits per heavy atom. The molecule has 3 N–H and O–H groups in total. The molecule has 1 amide bonds. The number of carbonyl (C=O) groups excluding carboxylic acids is 1. The van der Waals surface area contributed by atoms with Crippen molar-refractivity contribution in [1.29, 1.82) is 0 Å². The van der Waals surface area contributed by atoms with Gasteiger partial charge >= 0.3 is 5.97 Å². The third-order valence-corrected chi connectivity index (χ3v) is 3.49. The molecule has 1 aliphatic rings. The summed E-state index contributed by atoms with van der Waals surface area (Å²) in [6.07, 6.45) is 0.723. The van der Waals surface area contributed by atoms with E-state index in [2.05, 4.69) is 4.98 Å². The molecule has 0 aliphatic carbocycles. The number of aromatic nitrogens is 1.